The van der Waals surface area contributed by atoms with Gasteiger partial charge in [-0.05, 0) is 53.6 Å². The summed E-state index contributed by atoms with van der Waals surface area (Å²) in [5.41, 5.74) is 4.05. The molecule has 1 amide bonds. The van der Waals surface area contributed by atoms with E-state index in [0.717, 1.165) is 27.8 Å². The molecule has 7 nitrogen and oxygen atoms in total. The highest BCUT2D eigenvalue weighted by atomic mass is 35.5. The van der Waals surface area contributed by atoms with Gasteiger partial charge in [0.25, 0.3) is 0 Å². The van der Waals surface area contributed by atoms with Crippen molar-refractivity contribution in [2.45, 2.75) is 26.4 Å². The van der Waals surface area contributed by atoms with E-state index in [1.54, 1.807) is 14.2 Å². The van der Waals surface area contributed by atoms with Crippen molar-refractivity contribution in [1.29, 1.82) is 0 Å². The fourth-order valence-electron chi connectivity index (χ4n) is 4.52. The van der Waals surface area contributed by atoms with Gasteiger partial charge in [-0.3, -0.25) is 4.79 Å². The van der Waals surface area contributed by atoms with E-state index in [1.807, 2.05) is 72.5 Å². The third-order valence-corrected chi connectivity index (χ3v) is 6.59. The molecule has 1 aliphatic heterocycles. The van der Waals surface area contributed by atoms with E-state index in [4.69, 9.17) is 35.5 Å². The molecule has 8 heteroatoms. The van der Waals surface area contributed by atoms with Gasteiger partial charge in [0.05, 0.1) is 19.9 Å². The number of aromatic nitrogens is 1. The Bertz CT molecular complexity index is 1470. The van der Waals surface area contributed by atoms with Gasteiger partial charge in [-0.25, -0.2) is 4.98 Å². The van der Waals surface area contributed by atoms with Crippen LogP contribution in [0.25, 0.3) is 22.2 Å². The fraction of sp³-hybridized carbons (Fsp3) is 0.241. The summed E-state index contributed by atoms with van der Waals surface area (Å²) in [6, 6.07) is 19.0. The largest absolute Gasteiger partial charge is 0.496 e. The molecule has 0 fully saturated rings. The molecule has 5 rings (SSSR count). The van der Waals surface area contributed by atoms with E-state index >= 15 is 0 Å². The fourth-order valence-corrected chi connectivity index (χ4v) is 4.71. The molecule has 37 heavy (non-hydrogen) atoms. The molecule has 4 aromatic rings. The molecule has 1 aliphatic rings. The summed E-state index contributed by atoms with van der Waals surface area (Å²) in [6.45, 7) is 2.81. The molecular formula is C29H27ClN2O5. The van der Waals surface area contributed by atoms with E-state index in [-0.39, 0.29) is 12.7 Å². The summed E-state index contributed by atoms with van der Waals surface area (Å²) < 4.78 is 22.2. The number of pyridine rings is 1. The third-order valence-electron chi connectivity index (χ3n) is 6.35. The zero-order valence-corrected chi connectivity index (χ0v) is 21.7. The van der Waals surface area contributed by atoms with Crippen LogP contribution in [0, 0.1) is 0 Å². The van der Waals surface area contributed by atoms with Crippen LogP contribution in [0.1, 0.15) is 24.5 Å². The van der Waals surface area contributed by atoms with E-state index in [9.17, 15) is 4.79 Å². The minimum Gasteiger partial charge on any atom is -0.496 e. The Balaban J connectivity index is 1.62. The van der Waals surface area contributed by atoms with Crippen molar-refractivity contribution in [2.75, 3.05) is 21.0 Å². The van der Waals surface area contributed by atoms with E-state index < -0.39 is 0 Å². The molecule has 3 aromatic carbocycles. The summed E-state index contributed by atoms with van der Waals surface area (Å²) in [5.74, 6) is 2.72. The highest BCUT2D eigenvalue weighted by Crippen LogP contribution is 2.37. The lowest BCUT2D eigenvalue weighted by Gasteiger charge is -2.24. The minimum absolute atomic E-state index is 0.0208. The summed E-state index contributed by atoms with van der Waals surface area (Å²) in [6.07, 6.45) is 0.370. The number of amides is 1. The maximum absolute atomic E-state index is 13.1. The molecule has 0 saturated carbocycles. The topological polar surface area (TPSA) is 70.1 Å². The van der Waals surface area contributed by atoms with Gasteiger partial charge in [0.1, 0.15) is 17.0 Å². The zero-order valence-electron chi connectivity index (χ0n) is 20.9. The van der Waals surface area contributed by atoms with Crippen LogP contribution < -0.4 is 18.9 Å². The van der Waals surface area contributed by atoms with E-state index in [2.05, 4.69) is 0 Å². The van der Waals surface area contributed by atoms with Crippen molar-refractivity contribution in [1.82, 2.24) is 9.88 Å². The first-order valence-electron chi connectivity index (χ1n) is 12.0. The molecule has 1 aromatic heterocycles. The smallest absolute Gasteiger partial charge is 0.231 e. The number of fused-ring (bicyclic) bond motifs is 2. The number of carbonyl (C=O) groups excluding carboxylic acids is 1. The summed E-state index contributed by atoms with van der Waals surface area (Å²) in [4.78, 5) is 20.0. The Morgan fingerprint density at radius 3 is 2.51 bits per heavy atom. The molecule has 0 atom stereocenters. The van der Waals surface area contributed by atoms with Crippen LogP contribution in [-0.2, 0) is 17.9 Å². The molecule has 0 unspecified atom stereocenters. The highest BCUT2D eigenvalue weighted by Gasteiger charge is 2.21. The number of halogens is 1. The molecule has 0 aliphatic carbocycles. The van der Waals surface area contributed by atoms with Crippen molar-refractivity contribution in [2.24, 2.45) is 0 Å². The zero-order chi connectivity index (χ0) is 25.9. The second-order valence-electron chi connectivity index (χ2n) is 8.66. The molecule has 190 valence electrons. The summed E-state index contributed by atoms with van der Waals surface area (Å²) in [5, 5.41) is 1.40. The van der Waals surface area contributed by atoms with Crippen molar-refractivity contribution in [3.05, 3.63) is 76.8 Å². The Kier molecular flexibility index (Phi) is 7.06. The predicted molar refractivity (Wildman–Crippen MR) is 142 cm³/mol. The Hall–Kier alpha value is -3.97. The average molecular weight is 519 g/mol. The maximum Gasteiger partial charge on any atom is 0.231 e. The number of hydrogen-bond donors (Lipinski definition) is 0. The first-order valence-corrected chi connectivity index (χ1v) is 12.3. The van der Waals surface area contributed by atoms with Crippen LogP contribution in [0.5, 0.6) is 23.0 Å². The minimum atomic E-state index is 0.0208. The number of benzene rings is 3. The quantitative estimate of drug-likeness (QED) is 0.275. The first-order chi connectivity index (χ1) is 18.0. The third kappa shape index (κ3) is 5.00. The van der Waals surface area contributed by atoms with Crippen molar-refractivity contribution < 1.29 is 23.7 Å². The molecule has 0 spiro atoms. The number of nitrogens with zero attached hydrogens (tertiary/aromatic N) is 2. The summed E-state index contributed by atoms with van der Waals surface area (Å²) >= 11 is 6.34. The van der Waals surface area contributed by atoms with Gasteiger partial charge in [-0.15, -0.1) is 0 Å². The highest BCUT2D eigenvalue weighted by molar-refractivity contribution is 6.30. The first kappa shape index (κ1) is 24.7. The monoisotopic (exact) mass is 518 g/mol. The normalized spacial score (nSPS) is 12.0. The van der Waals surface area contributed by atoms with Gasteiger partial charge in [0.15, 0.2) is 11.5 Å². The molecule has 0 N–H and O–H groups in total. The van der Waals surface area contributed by atoms with Gasteiger partial charge in [0.2, 0.25) is 12.7 Å². The van der Waals surface area contributed by atoms with Gasteiger partial charge < -0.3 is 23.8 Å². The van der Waals surface area contributed by atoms with Crippen LogP contribution in [-0.4, -0.2) is 36.8 Å². The Morgan fingerprint density at radius 1 is 0.973 bits per heavy atom. The van der Waals surface area contributed by atoms with Gasteiger partial charge in [-0.1, -0.05) is 36.7 Å². The van der Waals surface area contributed by atoms with Gasteiger partial charge in [0, 0.05) is 35.5 Å². The SMILES string of the molecule is CCC(=O)N(Cc1ccc2c(c1)OCO2)Cc1cc2c(OC)ccc(OC)c2nc1-c1cccc(Cl)c1. The van der Waals surface area contributed by atoms with Crippen molar-refractivity contribution in [3.63, 3.8) is 0 Å². The molecular weight excluding hydrogens is 492 g/mol. The molecule has 0 saturated heterocycles. The second-order valence-corrected chi connectivity index (χ2v) is 9.10. The summed E-state index contributed by atoms with van der Waals surface area (Å²) in [7, 11) is 3.24. The number of methoxy groups -OCH3 is 2. The lowest BCUT2D eigenvalue weighted by molar-refractivity contribution is -0.132. The molecule has 2 heterocycles. The lowest BCUT2D eigenvalue weighted by Crippen LogP contribution is -2.29. The number of rotatable bonds is 8. The standard InChI is InChI=1S/C29H27ClN2O5/c1-4-27(33)32(15-18-8-9-24-26(12-18)37-17-36-24)16-20-14-22-23(34-2)10-11-25(35-3)29(22)31-28(20)19-6-5-7-21(30)13-19/h5-14H,4,15-17H2,1-3H3. The van der Waals surface area contributed by atoms with Crippen LogP contribution in [0.3, 0.4) is 0 Å². The lowest BCUT2D eigenvalue weighted by atomic mass is 10.0. The van der Waals surface area contributed by atoms with E-state index in [1.165, 1.54) is 0 Å². The van der Waals surface area contributed by atoms with Crippen molar-refractivity contribution >= 4 is 28.4 Å². The number of ether oxygens (including phenoxy) is 4. The number of hydrogen-bond acceptors (Lipinski definition) is 6. The van der Waals surface area contributed by atoms with Gasteiger partial charge in [-0.2, -0.15) is 0 Å². The van der Waals surface area contributed by atoms with Crippen LogP contribution in [0.15, 0.2) is 60.7 Å². The number of carbonyl (C=O) groups is 1. The maximum atomic E-state index is 13.1. The average Bonchev–Trinajstić information content (AvgIpc) is 3.39. The Labute approximate surface area is 220 Å². The predicted octanol–water partition coefficient (Wildman–Crippen LogP) is 6.24. The van der Waals surface area contributed by atoms with Crippen LogP contribution >= 0.6 is 11.6 Å². The van der Waals surface area contributed by atoms with Crippen LogP contribution in [0.4, 0.5) is 0 Å². The molecule has 0 bridgehead atoms. The Morgan fingerprint density at radius 2 is 1.76 bits per heavy atom. The van der Waals surface area contributed by atoms with Gasteiger partial charge >= 0.3 is 0 Å². The second kappa shape index (κ2) is 10.6. The van der Waals surface area contributed by atoms with E-state index in [0.29, 0.717) is 53.0 Å². The van der Waals surface area contributed by atoms with Crippen molar-refractivity contribution in [3.8, 4) is 34.3 Å². The van der Waals surface area contributed by atoms with Crippen LogP contribution in [0.2, 0.25) is 5.02 Å². The molecule has 0 radical (unpaired) electrons.